The van der Waals surface area contributed by atoms with Gasteiger partial charge >= 0.3 is 0 Å². The summed E-state index contributed by atoms with van der Waals surface area (Å²) in [7, 11) is 0. The van der Waals surface area contributed by atoms with E-state index in [1.165, 1.54) is 6.08 Å². The molecule has 5 atom stereocenters. The van der Waals surface area contributed by atoms with E-state index < -0.39 is 17.0 Å². The molecule has 3 fully saturated rings. The van der Waals surface area contributed by atoms with Crippen LogP contribution in [0, 0.1) is 28.6 Å². The van der Waals surface area contributed by atoms with Crippen LogP contribution in [0.1, 0.15) is 46.0 Å². The quantitative estimate of drug-likeness (QED) is 0.624. The largest absolute Gasteiger partial charge is 0.299 e. The highest BCUT2D eigenvalue weighted by atomic mass is 19.1. The van der Waals surface area contributed by atoms with Gasteiger partial charge in [0.05, 0.1) is 0 Å². The van der Waals surface area contributed by atoms with E-state index in [1.54, 1.807) is 0 Å². The predicted octanol–water partition coefficient (Wildman–Crippen LogP) is 4.33. The third kappa shape index (κ3) is 1.74. The number of hydrogen-bond donors (Lipinski definition) is 0. The summed E-state index contributed by atoms with van der Waals surface area (Å²) in [5.74, 6) is 0.137. The second kappa shape index (κ2) is 4.52. The highest BCUT2D eigenvalue weighted by Gasteiger charge is 2.60. The second-order valence-corrected chi connectivity index (χ2v) is 8.26. The number of ketones is 2. The van der Waals surface area contributed by atoms with Crippen LogP contribution in [-0.2, 0) is 9.59 Å². The van der Waals surface area contributed by atoms with Crippen molar-refractivity contribution in [1.82, 2.24) is 0 Å². The molecule has 0 bridgehead atoms. The van der Waals surface area contributed by atoms with Crippen LogP contribution >= 0.6 is 0 Å². The fourth-order valence-electron chi connectivity index (χ4n) is 5.92. The molecular weight excluding hydrogens is 291 g/mol. The Morgan fingerprint density at radius 2 is 1.96 bits per heavy atom. The number of halogens is 1. The normalized spacial score (nSPS) is 45.9. The van der Waals surface area contributed by atoms with Gasteiger partial charge in [-0.3, -0.25) is 9.59 Å². The van der Waals surface area contributed by atoms with Crippen LogP contribution in [0.4, 0.5) is 4.39 Å². The molecule has 0 spiro atoms. The van der Waals surface area contributed by atoms with E-state index in [-0.39, 0.29) is 17.3 Å². The molecule has 0 heterocycles. The number of Topliss-reactive ketones (excluding diaryl/α,β-unsaturated/α-hetero) is 1. The van der Waals surface area contributed by atoms with Crippen molar-refractivity contribution in [2.45, 2.75) is 46.0 Å². The number of fused-ring (bicyclic) bond motifs is 5. The second-order valence-electron chi connectivity index (χ2n) is 8.26. The van der Waals surface area contributed by atoms with Crippen molar-refractivity contribution in [2.24, 2.45) is 28.6 Å². The smallest absolute Gasteiger partial charge is 0.213 e. The van der Waals surface area contributed by atoms with Crippen LogP contribution in [0.3, 0.4) is 0 Å². The summed E-state index contributed by atoms with van der Waals surface area (Å²) in [4.78, 5) is 24.2. The molecule has 0 saturated heterocycles. The lowest BCUT2D eigenvalue weighted by Crippen LogP contribution is -2.50. The van der Waals surface area contributed by atoms with Gasteiger partial charge in [0.15, 0.2) is 5.83 Å². The highest BCUT2D eigenvalue weighted by Crippen LogP contribution is 2.65. The third-order valence-corrected chi connectivity index (χ3v) is 7.34. The Hall–Kier alpha value is -1.51. The Balaban J connectivity index is 1.81. The molecule has 0 aromatic rings. The minimum atomic E-state index is -0.578. The molecule has 4 rings (SSSR count). The first kappa shape index (κ1) is 15.0. The van der Waals surface area contributed by atoms with Gasteiger partial charge in [0, 0.05) is 17.3 Å². The lowest BCUT2D eigenvalue weighted by molar-refractivity contribution is -0.130. The van der Waals surface area contributed by atoms with Crippen LogP contribution in [0.25, 0.3) is 0 Å². The standard InChI is InChI=1S/C20H23FO2/c1-11-10-14-18(21)15(22)7-9-19(14,2)13-6-8-20(3)12(17(11)13)4-5-16(20)23/h7,9,12-13,17H,1,4-6,8,10H2,2-3H3/t12-,13+,17-,19+,20-/m0/s1. The summed E-state index contributed by atoms with van der Waals surface area (Å²) in [5.41, 5.74) is 1.00. The summed E-state index contributed by atoms with van der Waals surface area (Å²) < 4.78 is 14.5. The van der Waals surface area contributed by atoms with Crippen molar-refractivity contribution >= 4 is 11.6 Å². The van der Waals surface area contributed by atoms with Crippen LogP contribution in [0.5, 0.6) is 0 Å². The average Bonchev–Trinajstić information content (AvgIpc) is 2.82. The minimum Gasteiger partial charge on any atom is -0.299 e. The molecule has 0 radical (unpaired) electrons. The molecule has 4 aliphatic rings. The molecular formula is C20H23FO2. The van der Waals surface area contributed by atoms with Gasteiger partial charge in [-0.25, -0.2) is 4.39 Å². The average molecular weight is 314 g/mol. The zero-order chi connectivity index (χ0) is 16.6. The summed E-state index contributed by atoms with van der Waals surface area (Å²) in [6, 6.07) is 0. The van der Waals surface area contributed by atoms with E-state index in [0.717, 1.165) is 24.8 Å². The Labute approximate surface area is 136 Å². The van der Waals surface area contributed by atoms with Crippen LogP contribution < -0.4 is 0 Å². The Morgan fingerprint density at radius 1 is 1.22 bits per heavy atom. The van der Waals surface area contributed by atoms with Crippen molar-refractivity contribution in [3.63, 3.8) is 0 Å². The van der Waals surface area contributed by atoms with Gasteiger partial charge in [-0.05, 0) is 55.1 Å². The molecule has 0 aromatic heterocycles. The topological polar surface area (TPSA) is 34.1 Å². The first-order chi connectivity index (χ1) is 10.8. The Morgan fingerprint density at radius 3 is 2.70 bits per heavy atom. The number of carbonyl (C=O) groups excluding carboxylic acids is 2. The number of rotatable bonds is 0. The highest BCUT2D eigenvalue weighted by molar-refractivity contribution is 6.04. The van der Waals surface area contributed by atoms with Gasteiger partial charge in [0.25, 0.3) is 0 Å². The van der Waals surface area contributed by atoms with E-state index in [4.69, 9.17) is 0 Å². The van der Waals surface area contributed by atoms with Gasteiger partial charge in [-0.15, -0.1) is 0 Å². The van der Waals surface area contributed by atoms with Crippen molar-refractivity contribution in [2.75, 3.05) is 0 Å². The molecule has 2 nitrogen and oxygen atoms in total. The van der Waals surface area contributed by atoms with Crippen molar-refractivity contribution in [3.05, 3.63) is 35.7 Å². The van der Waals surface area contributed by atoms with Gasteiger partial charge in [0.2, 0.25) is 5.78 Å². The molecule has 3 saturated carbocycles. The van der Waals surface area contributed by atoms with Crippen molar-refractivity contribution in [3.8, 4) is 0 Å². The van der Waals surface area contributed by atoms with Crippen LogP contribution in [0.15, 0.2) is 35.7 Å². The van der Waals surface area contributed by atoms with E-state index in [2.05, 4.69) is 20.4 Å². The lowest BCUT2D eigenvalue weighted by atomic mass is 9.47. The maximum absolute atomic E-state index is 14.5. The molecule has 0 amide bonds. The van der Waals surface area contributed by atoms with Crippen molar-refractivity contribution in [1.29, 1.82) is 0 Å². The molecule has 0 aromatic carbocycles. The maximum atomic E-state index is 14.5. The zero-order valence-electron chi connectivity index (χ0n) is 13.8. The Kier molecular flexibility index (Phi) is 2.96. The van der Waals surface area contributed by atoms with Crippen LogP contribution in [0.2, 0.25) is 0 Å². The Bertz CT molecular complexity index is 700. The SMILES string of the molecule is C=C1CC2=C(F)C(=O)C=C[C@]2(C)[C@@H]2CC[C@]3(C)C(=O)CC[C@H]3[C@H]12. The first-order valence-corrected chi connectivity index (χ1v) is 8.62. The van der Waals surface area contributed by atoms with Gasteiger partial charge in [-0.1, -0.05) is 32.1 Å². The summed E-state index contributed by atoms with van der Waals surface area (Å²) in [6.07, 6.45) is 7.14. The van der Waals surface area contributed by atoms with Gasteiger partial charge in [0.1, 0.15) is 5.78 Å². The van der Waals surface area contributed by atoms with Crippen molar-refractivity contribution < 1.29 is 14.0 Å². The summed E-state index contributed by atoms with van der Waals surface area (Å²) >= 11 is 0. The summed E-state index contributed by atoms with van der Waals surface area (Å²) in [6.45, 7) is 8.43. The predicted molar refractivity (Wildman–Crippen MR) is 86.2 cm³/mol. The molecule has 0 unspecified atom stereocenters. The van der Waals surface area contributed by atoms with E-state index >= 15 is 0 Å². The molecule has 0 N–H and O–H groups in total. The van der Waals surface area contributed by atoms with Gasteiger partial charge in [-0.2, -0.15) is 0 Å². The maximum Gasteiger partial charge on any atom is 0.213 e. The fraction of sp³-hybridized carbons (Fsp3) is 0.600. The number of allylic oxidation sites excluding steroid dienone is 5. The third-order valence-electron chi connectivity index (χ3n) is 7.34. The first-order valence-electron chi connectivity index (χ1n) is 8.62. The molecule has 3 heteroatoms. The number of carbonyl (C=O) groups is 2. The zero-order valence-corrected chi connectivity index (χ0v) is 13.8. The van der Waals surface area contributed by atoms with Crippen LogP contribution in [-0.4, -0.2) is 11.6 Å². The molecule has 23 heavy (non-hydrogen) atoms. The van der Waals surface area contributed by atoms with E-state index in [1.807, 2.05) is 6.08 Å². The fourth-order valence-corrected chi connectivity index (χ4v) is 5.92. The van der Waals surface area contributed by atoms with E-state index in [0.29, 0.717) is 30.1 Å². The monoisotopic (exact) mass is 314 g/mol. The molecule has 122 valence electrons. The van der Waals surface area contributed by atoms with Gasteiger partial charge < -0.3 is 0 Å². The lowest BCUT2D eigenvalue weighted by Gasteiger charge is -2.56. The molecule has 0 aliphatic heterocycles. The summed E-state index contributed by atoms with van der Waals surface area (Å²) in [5, 5.41) is 0. The van der Waals surface area contributed by atoms with E-state index in [9.17, 15) is 14.0 Å². The minimum absolute atomic E-state index is 0.228. The number of hydrogen-bond acceptors (Lipinski definition) is 2. The molecule has 4 aliphatic carbocycles.